The minimum atomic E-state index is -0.943. The summed E-state index contributed by atoms with van der Waals surface area (Å²) in [6, 6.07) is 14.9. The first kappa shape index (κ1) is 20.9. The zero-order chi connectivity index (χ0) is 21.3. The van der Waals surface area contributed by atoms with Crippen LogP contribution in [0.4, 0.5) is 0 Å². The van der Waals surface area contributed by atoms with Gasteiger partial charge in [-0.2, -0.15) is 0 Å². The van der Waals surface area contributed by atoms with Gasteiger partial charge in [-0.1, -0.05) is 59.6 Å². The van der Waals surface area contributed by atoms with Gasteiger partial charge in [0.15, 0.2) is 5.75 Å². The number of para-hydroxylation sites is 1. The predicted molar refractivity (Wildman–Crippen MR) is 122 cm³/mol. The second kappa shape index (κ2) is 8.78. The maximum Gasteiger partial charge on any atom is 0.262 e. The molecular formula is C22H18Cl2N2O3S. The molecule has 0 spiro atoms. The molecule has 0 aliphatic heterocycles. The molecule has 0 radical (unpaired) electrons. The number of aromatic nitrogens is 2. The monoisotopic (exact) mass is 460 g/mol. The molecule has 154 valence electrons. The lowest BCUT2D eigenvalue weighted by molar-refractivity contribution is 0.0916. The summed E-state index contributed by atoms with van der Waals surface area (Å²) in [5.41, 5.74) is 1.75. The Balaban J connectivity index is 1.57. The molecule has 1 atom stereocenters. The number of thiophene rings is 1. The summed E-state index contributed by atoms with van der Waals surface area (Å²) >= 11 is 13.6. The quantitative estimate of drug-likeness (QED) is 0.430. The molecule has 0 saturated heterocycles. The van der Waals surface area contributed by atoms with Crippen molar-refractivity contribution in [2.75, 3.05) is 6.61 Å². The fourth-order valence-electron chi connectivity index (χ4n) is 3.23. The van der Waals surface area contributed by atoms with Gasteiger partial charge in [-0.05, 0) is 30.2 Å². The summed E-state index contributed by atoms with van der Waals surface area (Å²) in [5.74, 6) is 0.307. The lowest BCUT2D eigenvalue weighted by Crippen LogP contribution is -2.30. The molecule has 2 heterocycles. The van der Waals surface area contributed by atoms with Crippen LogP contribution in [0.15, 0.2) is 59.7 Å². The largest absolute Gasteiger partial charge is 0.488 e. The van der Waals surface area contributed by atoms with Crippen LogP contribution in [0.2, 0.25) is 10.0 Å². The minimum Gasteiger partial charge on any atom is -0.488 e. The number of hydrogen-bond donors (Lipinski definition) is 1. The number of ether oxygens (including phenoxy) is 1. The third kappa shape index (κ3) is 4.09. The predicted octanol–water partition coefficient (Wildman–Crippen LogP) is 5.18. The van der Waals surface area contributed by atoms with Crippen LogP contribution >= 0.6 is 34.5 Å². The molecule has 4 rings (SSSR count). The second-order valence-electron chi connectivity index (χ2n) is 6.82. The molecule has 0 saturated carbocycles. The van der Waals surface area contributed by atoms with Gasteiger partial charge in [-0.3, -0.25) is 9.36 Å². The summed E-state index contributed by atoms with van der Waals surface area (Å²) in [4.78, 5) is 19.2. The van der Waals surface area contributed by atoms with Gasteiger partial charge in [0.1, 0.15) is 17.5 Å². The Kier molecular flexibility index (Phi) is 6.11. The standard InChI is InChI=1S/C22H18Cl2N2O3S/c1-13-18-21(30-20(13)14-6-3-2-4-7-14)25-12-26(22(18)28)10-15(27)11-29-19-16(23)8-5-9-17(19)24/h2-9,12,15,27H,10-11H2,1H3. The molecule has 2 aromatic carbocycles. The molecule has 0 bridgehead atoms. The van der Waals surface area contributed by atoms with Crippen molar-refractivity contribution in [3.8, 4) is 16.2 Å². The molecule has 2 aromatic heterocycles. The summed E-state index contributed by atoms with van der Waals surface area (Å²) < 4.78 is 6.97. The highest BCUT2D eigenvalue weighted by Gasteiger charge is 2.17. The minimum absolute atomic E-state index is 0.0415. The van der Waals surface area contributed by atoms with E-state index in [0.29, 0.717) is 26.0 Å². The van der Waals surface area contributed by atoms with E-state index in [9.17, 15) is 9.90 Å². The van der Waals surface area contributed by atoms with Gasteiger partial charge in [0, 0.05) is 4.88 Å². The van der Waals surface area contributed by atoms with E-state index in [1.165, 1.54) is 22.2 Å². The van der Waals surface area contributed by atoms with E-state index in [2.05, 4.69) is 4.98 Å². The number of aliphatic hydroxyl groups excluding tert-OH is 1. The number of aliphatic hydroxyl groups is 1. The molecule has 5 nitrogen and oxygen atoms in total. The van der Waals surface area contributed by atoms with Crippen molar-refractivity contribution in [1.82, 2.24) is 9.55 Å². The van der Waals surface area contributed by atoms with E-state index in [-0.39, 0.29) is 18.7 Å². The fourth-order valence-corrected chi connectivity index (χ4v) is 4.89. The van der Waals surface area contributed by atoms with Crippen molar-refractivity contribution in [1.29, 1.82) is 0 Å². The average Bonchev–Trinajstić information content (AvgIpc) is 3.07. The van der Waals surface area contributed by atoms with E-state index in [1.54, 1.807) is 18.2 Å². The van der Waals surface area contributed by atoms with E-state index >= 15 is 0 Å². The average molecular weight is 461 g/mol. The summed E-state index contributed by atoms with van der Waals surface area (Å²) in [6.45, 7) is 1.90. The normalized spacial score (nSPS) is 12.3. The number of aryl methyl sites for hydroxylation is 1. The molecule has 8 heteroatoms. The van der Waals surface area contributed by atoms with Crippen LogP contribution in [0, 0.1) is 6.92 Å². The molecule has 1 unspecified atom stereocenters. The fraction of sp³-hybridized carbons (Fsp3) is 0.182. The Morgan fingerprint density at radius 3 is 2.53 bits per heavy atom. The first-order valence-electron chi connectivity index (χ1n) is 9.24. The Morgan fingerprint density at radius 1 is 1.13 bits per heavy atom. The van der Waals surface area contributed by atoms with Gasteiger partial charge in [-0.15, -0.1) is 11.3 Å². The molecule has 0 aliphatic carbocycles. The molecule has 4 aromatic rings. The Labute approximate surface area is 187 Å². The molecule has 0 aliphatic rings. The Bertz CT molecular complexity index is 1230. The van der Waals surface area contributed by atoms with Crippen molar-refractivity contribution in [2.45, 2.75) is 19.6 Å². The number of nitrogens with zero attached hydrogens (tertiary/aromatic N) is 2. The van der Waals surface area contributed by atoms with E-state index in [1.807, 2.05) is 37.3 Å². The summed E-state index contributed by atoms with van der Waals surface area (Å²) in [5, 5.41) is 11.7. The van der Waals surface area contributed by atoms with Gasteiger partial charge < -0.3 is 9.84 Å². The molecule has 1 N–H and O–H groups in total. The Hall–Kier alpha value is -2.38. The smallest absolute Gasteiger partial charge is 0.262 e. The molecule has 0 fully saturated rings. The van der Waals surface area contributed by atoms with Gasteiger partial charge in [0.2, 0.25) is 0 Å². The lowest BCUT2D eigenvalue weighted by Gasteiger charge is -2.15. The van der Waals surface area contributed by atoms with Crippen LogP contribution in [0.3, 0.4) is 0 Å². The van der Waals surface area contributed by atoms with Crippen molar-refractivity contribution < 1.29 is 9.84 Å². The zero-order valence-electron chi connectivity index (χ0n) is 16.0. The third-order valence-electron chi connectivity index (χ3n) is 4.70. The van der Waals surface area contributed by atoms with Crippen LogP contribution < -0.4 is 10.3 Å². The number of hydrogen-bond acceptors (Lipinski definition) is 5. The highest BCUT2D eigenvalue weighted by Crippen LogP contribution is 2.35. The van der Waals surface area contributed by atoms with Crippen LogP contribution in [-0.4, -0.2) is 27.4 Å². The highest BCUT2D eigenvalue weighted by atomic mass is 35.5. The number of halogens is 2. The first-order valence-corrected chi connectivity index (χ1v) is 10.8. The van der Waals surface area contributed by atoms with E-state index < -0.39 is 6.10 Å². The molecular weight excluding hydrogens is 443 g/mol. The van der Waals surface area contributed by atoms with E-state index in [4.69, 9.17) is 27.9 Å². The number of rotatable bonds is 6. The van der Waals surface area contributed by atoms with Crippen molar-refractivity contribution >= 4 is 44.8 Å². The third-order valence-corrected chi connectivity index (χ3v) is 6.54. The van der Waals surface area contributed by atoms with Gasteiger partial charge in [0.05, 0.1) is 28.3 Å². The van der Waals surface area contributed by atoms with Gasteiger partial charge in [-0.25, -0.2) is 4.98 Å². The molecule has 0 amide bonds. The van der Waals surface area contributed by atoms with Crippen molar-refractivity contribution in [3.63, 3.8) is 0 Å². The van der Waals surface area contributed by atoms with Gasteiger partial charge in [0.25, 0.3) is 5.56 Å². The maximum absolute atomic E-state index is 13.0. The van der Waals surface area contributed by atoms with Crippen LogP contribution in [-0.2, 0) is 6.54 Å². The van der Waals surface area contributed by atoms with Crippen LogP contribution in [0.1, 0.15) is 5.56 Å². The molecule has 30 heavy (non-hydrogen) atoms. The van der Waals surface area contributed by atoms with Crippen molar-refractivity contribution in [2.24, 2.45) is 0 Å². The lowest BCUT2D eigenvalue weighted by atomic mass is 10.1. The summed E-state index contributed by atoms with van der Waals surface area (Å²) in [6.07, 6.45) is 0.517. The zero-order valence-corrected chi connectivity index (χ0v) is 18.3. The van der Waals surface area contributed by atoms with Crippen LogP contribution in [0.25, 0.3) is 20.7 Å². The summed E-state index contributed by atoms with van der Waals surface area (Å²) in [7, 11) is 0. The van der Waals surface area contributed by atoms with E-state index in [0.717, 1.165) is 16.0 Å². The number of benzene rings is 2. The highest BCUT2D eigenvalue weighted by molar-refractivity contribution is 7.22. The van der Waals surface area contributed by atoms with Crippen molar-refractivity contribution in [3.05, 3.63) is 80.8 Å². The Morgan fingerprint density at radius 2 is 1.83 bits per heavy atom. The van der Waals surface area contributed by atoms with Crippen LogP contribution in [0.5, 0.6) is 5.75 Å². The maximum atomic E-state index is 13.0. The SMILES string of the molecule is Cc1c(-c2ccccc2)sc2ncn(CC(O)COc3c(Cl)cccc3Cl)c(=O)c12. The first-order chi connectivity index (χ1) is 14.5. The van der Waals surface area contributed by atoms with Gasteiger partial charge >= 0.3 is 0 Å². The second-order valence-corrected chi connectivity index (χ2v) is 8.63. The number of fused-ring (bicyclic) bond motifs is 1. The topological polar surface area (TPSA) is 64.3 Å².